The molecule has 0 fully saturated rings. The van der Waals surface area contributed by atoms with Gasteiger partial charge in [0.05, 0.1) is 22.2 Å². The van der Waals surface area contributed by atoms with Crippen LogP contribution < -0.4 is 0 Å². The second kappa shape index (κ2) is 10.9. The number of allylic oxidation sites excluding steroid dienone is 1. The van der Waals surface area contributed by atoms with E-state index in [0.717, 1.165) is 28.7 Å². The van der Waals surface area contributed by atoms with Gasteiger partial charge in [-0.1, -0.05) is 134 Å². The van der Waals surface area contributed by atoms with Crippen LogP contribution in [0.5, 0.6) is 0 Å². The molecular weight excluding hydrogens is 569 g/mol. The van der Waals surface area contributed by atoms with Gasteiger partial charge in [-0.3, -0.25) is 0 Å². The minimum atomic E-state index is 0.949. The lowest BCUT2D eigenvalue weighted by Gasteiger charge is -2.16. The lowest BCUT2D eigenvalue weighted by molar-refractivity contribution is 1.11. The Balaban J connectivity index is 1.29. The number of hydrogen-bond donors (Lipinski definition) is 0. The first-order valence-electron chi connectivity index (χ1n) is 16.4. The van der Waals surface area contributed by atoms with E-state index in [-0.39, 0.29) is 0 Å². The first kappa shape index (κ1) is 27.5. The zero-order valence-corrected chi connectivity index (χ0v) is 26.5. The number of rotatable bonds is 4. The zero-order chi connectivity index (χ0) is 31.5. The molecule has 0 spiro atoms. The molecule has 2 heterocycles. The molecule has 9 aromatic rings. The monoisotopic (exact) mass is 600 g/mol. The maximum absolute atomic E-state index is 5.37. The van der Waals surface area contributed by atoms with Crippen molar-refractivity contribution >= 4 is 71.1 Å². The van der Waals surface area contributed by atoms with E-state index in [1.165, 1.54) is 76.3 Å². The van der Waals surface area contributed by atoms with Gasteiger partial charge in [-0.15, -0.1) is 0 Å². The highest BCUT2D eigenvalue weighted by atomic mass is 14.7. The van der Waals surface area contributed by atoms with Crippen LogP contribution in [0.15, 0.2) is 140 Å². The number of aryl methyl sites for hydroxylation is 1. The summed E-state index contributed by atoms with van der Waals surface area (Å²) in [6.07, 6.45) is 5.15. The number of hydrogen-bond acceptors (Lipinski definition) is 2. The maximum Gasteiger partial charge on any atom is 0.0794 e. The Morgan fingerprint density at radius 2 is 1.09 bits per heavy atom. The summed E-state index contributed by atoms with van der Waals surface area (Å²) in [6.45, 7) is 4.26. The van der Waals surface area contributed by atoms with Crippen LogP contribution in [-0.4, -0.2) is 9.97 Å². The lowest BCUT2D eigenvalue weighted by atomic mass is 9.90. The van der Waals surface area contributed by atoms with Gasteiger partial charge < -0.3 is 0 Å². The van der Waals surface area contributed by atoms with E-state index in [2.05, 4.69) is 159 Å². The number of pyridine rings is 2. The first-order chi connectivity index (χ1) is 23.2. The minimum Gasteiger partial charge on any atom is -0.248 e. The molecule has 2 aromatic heterocycles. The summed E-state index contributed by atoms with van der Waals surface area (Å²) < 4.78 is 0. The normalized spacial score (nSPS) is 12.0. The molecule has 0 amide bonds. The molecule has 2 nitrogen and oxygen atoms in total. The van der Waals surface area contributed by atoms with Crippen molar-refractivity contribution in [1.82, 2.24) is 9.97 Å². The maximum atomic E-state index is 5.37. The Bertz CT molecular complexity index is 2620. The average Bonchev–Trinajstić information content (AvgIpc) is 3.13. The molecule has 0 saturated carbocycles. The van der Waals surface area contributed by atoms with Crippen LogP contribution in [0.4, 0.5) is 0 Å². The Kier molecular flexibility index (Phi) is 6.36. The molecule has 0 saturated heterocycles. The van der Waals surface area contributed by atoms with E-state index < -0.39 is 0 Å². The molecule has 0 atom stereocenters. The highest BCUT2D eigenvalue weighted by Gasteiger charge is 2.17. The highest BCUT2D eigenvalue weighted by Crippen LogP contribution is 2.41. The summed E-state index contributed by atoms with van der Waals surface area (Å²) >= 11 is 0. The summed E-state index contributed by atoms with van der Waals surface area (Å²) in [5.74, 6) is 0. The van der Waals surface area contributed by atoms with Gasteiger partial charge in [0, 0.05) is 32.5 Å². The third-order valence-electron chi connectivity index (χ3n) is 9.71. The standard InChI is InChI=1S/C45H32N2/c1-3-11-41-28(4-2)26-40-36-17-10-9-16-35(36)39(27-42(40)46-41)31-18-20-32(21-19-31)43-37-24-22-29-12-5-7-14-33(29)44(37)47-45-34-15-8-6-13-30(34)23-25-38(43)45/h3,5-27H,4H2,1-2H3/b11-3-. The molecule has 0 N–H and O–H groups in total. The molecular formula is C45H32N2. The van der Waals surface area contributed by atoms with Crippen LogP contribution in [0.3, 0.4) is 0 Å². The second-order valence-corrected chi connectivity index (χ2v) is 12.4. The highest BCUT2D eigenvalue weighted by molar-refractivity contribution is 6.21. The van der Waals surface area contributed by atoms with Gasteiger partial charge >= 0.3 is 0 Å². The van der Waals surface area contributed by atoms with Gasteiger partial charge in [-0.2, -0.15) is 0 Å². The van der Waals surface area contributed by atoms with Crippen LogP contribution >= 0.6 is 0 Å². The van der Waals surface area contributed by atoms with Crippen LogP contribution in [0, 0.1) is 0 Å². The lowest BCUT2D eigenvalue weighted by Crippen LogP contribution is -1.94. The first-order valence-corrected chi connectivity index (χ1v) is 16.4. The Labute approximate surface area is 273 Å². The van der Waals surface area contributed by atoms with Gasteiger partial charge in [-0.25, -0.2) is 9.97 Å². The molecule has 0 bridgehead atoms. The van der Waals surface area contributed by atoms with Gasteiger partial charge in [0.15, 0.2) is 0 Å². The number of fused-ring (bicyclic) bond motifs is 9. The molecule has 47 heavy (non-hydrogen) atoms. The molecule has 0 aliphatic heterocycles. The van der Waals surface area contributed by atoms with Crippen molar-refractivity contribution in [1.29, 1.82) is 0 Å². The van der Waals surface area contributed by atoms with E-state index in [0.29, 0.717) is 0 Å². The third-order valence-corrected chi connectivity index (χ3v) is 9.71. The summed E-state index contributed by atoms with van der Waals surface area (Å²) in [5, 5.41) is 10.8. The molecule has 9 rings (SSSR count). The summed E-state index contributed by atoms with van der Waals surface area (Å²) in [7, 11) is 0. The van der Waals surface area contributed by atoms with E-state index in [1.807, 2.05) is 0 Å². The van der Waals surface area contributed by atoms with Gasteiger partial charge in [0.1, 0.15) is 0 Å². The van der Waals surface area contributed by atoms with Crippen molar-refractivity contribution in [3.8, 4) is 22.3 Å². The molecule has 222 valence electrons. The van der Waals surface area contributed by atoms with Crippen molar-refractivity contribution in [2.24, 2.45) is 0 Å². The van der Waals surface area contributed by atoms with Crippen LogP contribution in [0.25, 0.3) is 93.4 Å². The summed E-state index contributed by atoms with van der Waals surface area (Å²) in [6, 6.07) is 48.6. The second-order valence-electron chi connectivity index (χ2n) is 12.4. The fraction of sp³-hybridized carbons (Fsp3) is 0.0667. The van der Waals surface area contributed by atoms with Gasteiger partial charge in [-0.05, 0) is 75.4 Å². The van der Waals surface area contributed by atoms with Gasteiger partial charge in [0.25, 0.3) is 0 Å². The average molecular weight is 601 g/mol. The summed E-state index contributed by atoms with van der Waals surface area (Å²) in [4.78, 5) is 10.5. The van der Waals surface area contributed by atoms with Crippen molar-refractivity contribution in [3.05, 3.63) is 151 Å². The zero-order valence-electron chi connectivity index (χ0n) is 26.5. The van der Waals surface area contributed by atoms with Crippen molar-refractivity contribution in [2.75, 3.05) is 0 Å². The van der Waals surface area contributed by atoms with Crippen molar-refractivity contribution in [3.63, 3.8) is 0 Å². The van der Waals surface area contributed by atoms with E-state index >= 15 is 0 Å². The Morgan fingerprint density at radius 3 is 1.70 bits per heavy atom. The number of nitrogens with zero attached hydrogens (tertiary/aromatic N) is 2. The minimum absolute atomic E-state index is 0.949. The van der Waals surface area contributed by atoms with E-state index in [1.54, 1.807) is 0 Å². The summed E-state index contributed by atoms with van der Waals surface area (Å²) in [5.41, 5.74) is 10.2. The quantitative estimate of drug-likeness (QED) is 0.148. The van der Waals surface area contributed by atoms with E-state index in [9.17, 15) is 0 Å². The number of benzene rings is 7. The Hall–Kier alpha value is -5.86. The van der Waals surface area contributed by atoms with Crippen LogP contribution in [0.2, 0.25) is 0 Å². The van der Waals surface area contributed by atoms with Crippen molar-refractivity contribution in [2.45, 2.75) is 20.3 Å². The topological polar surface area (TPSA) is 25.8 Å². The predicted molar refractivity (Wildman–Crippen MR) is 202 cm³/mol. The Morgan fingerprint density at radius 1 is 0.511 bits per heavy atom. The molecule has 0 radical (unpaired) electrons. The molecule has 7 aromatic carbocycles. The number of aromatic nitrogens is 2. The van der Waals surface area contributed by atoms with Crippen molar-refractivity contribution < 1.29 is 0 Å². The molecule has 0 aliphatic rings. The third kappa shape index (κ3) is 4.33. The van der Waals surface area contributed by atoms with Crippen LogP contribution in [0.1, 0.15) is 25.1 Å². The fourth-order valence-electron chi connectivity index (χ4n) is 7.44. The molecule has 2 heteroatoms. The smallest absolute Gasteiger partial charge is 0.0794 e. The molecule has 0 aliphatic carbocycles. The molecule has 0 unspecified atom stereocenters. The fourth-order valence-corrected chi connectivity index (χ4v) is 7.44. The largest absolute Gasteiger partial charge is 0.248 e. The predicted octanol–water partition coefficient (Wildman–Crippen LogP) is 12.3. The SMILES string of the molecule is C/C=C\c1nc2cc(-c3ccc(-c4c5ccc6ccccc6c5nc5c4ccc4ccccc45)cc3)c3ccccc3c2cc1CC. The van der Waals surface area contributed by atoms with E-state index in [4.69, 9.17) is 9.97 Å². The van der Waals surface area contributed by atoms with Crippen LogP contribution in [-0.2, 0) is 6.42 Å². The van der Waals surface area contributed by atoms with Gasteiger partial charge in [0.2, 0.25) is 0 Å².